The molecule has 1 heterocycles. The Morgan fingerprint density at radius 2 is 1.77 bits per heavy atom. The van der Waals surface area contributed by atoms with Crippen molar-refractivity contribution >= 4 is 33.4 Å². The summed E-state index contributed by atoms with van der Waals surface area (Å²) in [5, 5.41) is 14.2. The molecule has 1 aromatic carbocycles. The molecule has 0 aliphatic heterocycles. The fourth-order valence-electron chi connectivity index (χ4n) is 4.23. The van der Waals surface area contributed by atoms with E-state index in [0.29, 0.717) is 19.4 Å². The number of benzene rings is 1. The SMILES string of the molecule is N#CCNC(=O)C1CCCCC1CS(=O)(=O)c1ccc(SCC(=O)NCCc2ccncc2)cc1. The second kappa shape index (κ2) is 13.3. The van der Waals surface area contributed by atoms with Gasteiger partial charge in [0, 0.05) is 29.8 Å². The molecule has 2 amide bonds. The van der Waals surface area contributed by atoms with Gasteiger partial charge in [0.1, 0.15) is 6.54 Å². The van der Waals surface area contributed by atoms with E-state index in [2.05, 4.69) is 15.6 Å². The van der Waals surface area contributed by atoms with Crippen molar-refractivity contribution in [1.82, 2.24) is 15.6 Å². The average Bonchev–Trinajstić information content (AvgIpc) is 2.87. The lowest BCUT2D eigenvalue weighted by molar-refractivity contribution is -0.127. The van der Waals surface area contributed by atoms with Crippen molar-refractivity contribution < 1.29 is 18.0 Å². The van der Waals surface area contributed by atoms with Gasteiger partial charge in [-0.15, -0.1) is 11.8 Å². The van der Waals surface area contributed by atoms with Crippen LogP contribution in [0.1, 0.15) is 31.2 Å². The molecule has 1 aliphatic rings. The molecule has 2 aromatic rings. The van der Waals surface area contributed by atoms with Crippen LogP contribution in [0.3, 0.4) is 0 Å². The third-order valence-electron chi connectivity index (χ3n) is 6.06. The Bertz CT molecular complexity index is 1130. The third kappa shape index (κ3) is 8.37. The summed E-state index contributed by atoms with van der Waals surface area (Å²) in [4.78, 5) is 29.5. The van der Waals surface area contributed by atoms with E-state index in [9.17, 15) is 18.0 Å². The standard InChI is InChI=1S/C25H30N4O4S2/c26-12-16-29-25(31)23-4-2-1-3-20(23)18-35(32,33)22-7-5-21(6-8-22)34-17-24(30)28-15-11-19-9-13-27-14-10-19/h5-10,13-14,20,23H,1-4,11,15-18H2,(H,28,30)(H,29,31). The van der Waals surface area contributed by atoms with Gasteiger partial charge in [0.15, 0.2) is 9.84 Å². The van der Waals surface area contributed by atoms with Gasteiger partial charge in [0.25, 0.3) is 0 Å². The Morgan fingerprint density at radius 3 is 2.49 bits per heavy atom. The molecule has 2 N–H and O–H groups in total. The minimum absolute atomic E-state index is 0.0727. The number of amides is 2. The fraction of sp³-hybridized carbons (Fsp3) is 0.440. The maximum absolute atomic E-state index is 13.0. The Labute approximate surface area is 210 Å². The normalized spacial score (nSPS) is 17.8. The summed E-state index contributed by atoms with van der Waals surface area (Å²) in [6.07, 6.45) is 7.25. The van der Waals surface area contributed by atoms with Crippen molar-refractivity contribution in [2.24, 2.45) is 11.8 Å². The number of sulfone groups is 1. The third-order valence-corrected chi connectivity index (χ3v) is 8.93. The van der Waals surface area contributed by atoms with Crippen LogP contribution < -0.4 is 10.6 Å². The minimum Gasteiger partial charge on any atom is -0.355 e. The molecule has 1 aromatic heterocycles. The van der Waals surface area contributed by atoms with Crippen LogP contribution in [0.5, 0.6) is 0 Å². The summed E-state index contributed by atoms with van der Waals surface area (Å²) in [5.41, 5.74) is 1.10. The number of hydrogen-bond acceptors (Lipinski definition) is 7. The number of thioether (sulfide) groups is 1. The maximum atomic E-state index is 13.0. The van der Waals surface area contributed by atoms with Gasteiger partial charge in [-0.25, -0.2) is 8.42 Å². The van der Waals surface area contributed by atoms with Gasteiger partial charge in [0.2, 0.25) is 11.8 Å². The molecule has 10 heteroatoms. The summed E-state index contributed by atoms with van der Waals surface area (Å²) >= 11 is 1.35. The van der Waals surface area contributed by atoms with Gasteiger partial charge >= 0.3 is 0 Å². The molecule has 2 atom stereocenters. The van der Waals surface area contributed by atoms with Gasteiger partial charge in [-0.05, 0) is 67.1 Å². The van der Waals surface area contributed by atoms with Gasteiger partial charge in [-0.1, -0.05) is 12.8 Å². The van der Waals surface area contributed by atoms with E-state index in [1.807, 2.05) is 18.2 Å². The Balaban J connectivity index is 1.49. The number of pyridine rings is 1. The number of hydrogen-bond donors (Lipinski definition) is 2. The van der Waals surface area contributed by atoms with Gasteiger partial charge < -0.3 is 10.6 Å². The van der Waals surface area contributed by atoms with Crippen molar-refractivity contribution in [2.75, 3.05) is 24.6 Å². The molecule has 0 bridgehead atoms. The van der Waals surface area contributed by atoms with E-state index >= 15 is 0 Å². The zero-order valence-electron chi connectivity index (χ0n) is 19.5. The van der Waals surface area contributed by atoms with Crippen LogP contribution >= 0.6 is 11.8 Å². The molecule has 186 valence electrons. The Kier molecular flexibility index (Phi) is 10.1. The molecule has 35 heavy (non-hydrogen) atoms. The quantitative estimate of drug-likeness (QED) is 0.348. The van der Waals surface area contributed by atoms with Crippen LogP contribution in [0.2, 0.25) is 0 Å². The number of carbonyl (C=O) groups is 2. The van der Waals surface area contributed by atoms with E-state index in [-0.39, 0.29) is 40.7 Å². The first kappa shape index (κ1) is 26.7. The van der Waals surface area contributed by atoms with E-state index < -0.39 is 15.8 Å². The number of nitrogens with one attached hydrogen (secondary N) is 2. The summed E-state index contributed by atoms with van der Waals surface area (Å²) in [7, 11) is -3.57. The molecule has 3 rings (SSSR count). The number of aromatic nitrogens is 1. The van der Waals surface area contributed by atoms with E-state index in [1.54, 1.807) is 36.7 Å². The molecule has 2 unspecified atom stereocenters. The molecule has 0 spiro atoms. The van der Waals surface area contributed by atoms with E-state index in [1.165, 1.54) is 11.8 Å². The fourth-order valence-corrected chi connectivity index (χ4v) is 6.66. The lowest BCUT2D eigenvalue weighted by Crippen LogP contribution is -2.39. The van der Waals surface area contributed by atoms with E-state index in [0.717, 1.165) is 29.7 Å². The molecule has 8 nitrogen and oxygen atoms in total. The highest BCUT2D eigenvalue weighted by Gasteiger charge is 2.34. The highest BCUT2D eigenvalue weighted by atomic mass is 32.2. The average molecular weight is 515 g/mol. The van der Waals surface area contributed by atoms with Crippen LogP contribution in [0.4, 0.5) is 0 Å². The minimum atomic E-state index is -3.57. The molecule has 0 radical (unpaired) electrons. The summed E-state index contributed by atoms with van der Waals surface area (Å²) in [6.45, 7) is 0.466. The smallest absolute Gasteiger partial charge is 0.230 e. The predicted octanol–water partition coefficient (Wildman–Crippen LogP) is 2.75. The first-order valence-corrected chi connectivity index (χ1v) is 14.3. The van der Waals surface area contributed by atoms with Crippen molar-refractivity contribution in [3.05, 3.63) is 54.4 Å². The second-order valence-corrected chi connectivity index (χ2v) is 11.6. The molecule has 1 saturated carbocycles. The second-order valence-electron chi connectivity index (χ2n) is 8.52. The van der Waals surface area contributed by atoms with Crippen LogP contribution in [-0.4, -0.2) is 49.8 Å². The first-order chi connectivity index (χ1) is 16.9. The molecule has 1 fully saturated rings. The van der Waals surface area contributed by atoms with Gasteiger partial charge in [-0.2, -0.15) is 5.26 Å². The lowest BCUT2D eigenvalue weighted by atomic mass is 9.80. The van der Waals surface area contributed by atoms with Crippen molar-refractivity contribution in [3.8, 4) is 6.07 Å². The largest absolute Gasteiger partial charge is 0.355 e. The van der Waals surface area contributed by atoms with Crippen molar-refractivity contribution in [1.29, 1.82) is 5.26 Å². The summed E-state index contributed by atoms with van der Waals surface area (Å²) < 4.78 is 26.1. The lowest BCUT2D eigenvalue weighted by Gasteiger charge is -2.30. The highest BCUT2D eigenvalue weighted by Crippen LogP contribution is 2.33. The Hall–Kier alpha value is -2.90. The molecular weight excluding hydrogens is 484 g/mol. The van der Waals surface area contributed by atoms with Crippen molar-refractivity contribution in [3.63, 3.8) is 0 Å². The summed E-state index contributed by atoms with van der Waals surface area (Å²) in [5.74, 6) is -0.833. The zero-order chi connectivity index (χ0) is 25.1. The van der Waals surface area contributed by atoms with Crippen LogP contribution in [-0.2, 0) is 25.8 Å². The van der Waals surface area contributed by atoms with Crippen molar-refractivity contribution in [2.45, 2.75) is 41.9 Å². The highest BCUT2D eigenvalue weighted by molar-refractivity contribution is 8.00. The van der Waals surface area contributed by atoms with Crippen LogP contribution in [0, 0.1) is 23.2 Å². The van der Waals surface area contributed by atoms with Crippen LogP contribution in [0.15, 0.2) is 58.6 Å². The monoisotopic (exact) mass is 514 g/mol. The number of rotatable bonds is 11. The summed E-state index contributed by atoms with van der Waals surface area (Å²) in [6, 6.07) is 12.2. The number of nitriles is 1. The molecule has 0 saturated heterocycles. The topological polar surface area (TPSA) is 129 Å². The zero-order valence-corrected chi connectivity index (χ0v) is 21.1. The van der Waals surface area contributed by atoms with Crippen LogP contribution in [0.25, 0.3) is 0 Å². The molecule has 1 aliphatic carbocycles. The van der Waals surface area contributed by atoms with Gasteiger partial charge in [0.05, 0.1) is 22.5 Å². The van der Waals surface area contributed by atoms with Gasteiger partial charge in [-0.3, -0.25) is 14.6 Å². The predicted molar refractivity (Wildman–Crippen MR) is 134 cm³/mol. The molecular formula is C25H30N4O4S2. The Morgan fingerprint density at radius 1 is 1.06 bits per heavy atom. The maximum Gasteiger partial charge on any atom is 0.230 e. The number of nitrogens with zero attached hydrogens (tertiary/aromatic N) is 2. The first-order valence-electron chi connectivity index (χ1n) is 11.6. The van der Waals surface area contributed by atoms with E-state index in [4.69, 9.17) is 5.26 Å². The number of carbonyl (C=O) groups excluding carboxylic acids is 2.